The van der Waals surface area contributed by atoms with Crippen LogP contribution in [0.15, 0.2) is 42.0 Å². The van der Waals surface area contributed by atoms with Crippen molar-refractivity contribution < 1.29 is 4.79 Å². The number of primary amides is 1. The fourth-order valence-corrected chi connectivity index (χ4v) is 5.09. The SMILES string of the molecule is CC1C(C(N)=O)=CC=CC1(C)c1ccc2c(c1)CCC(N1CCCC1)C2. The number of nitrogens with zero attached hydrogens (tertiary/aromatic N) is 1. The number of hydrogen-bond acceptors (Lipinski definition) is 2. The van der Waals surface area contributed by atoms with Gasteiger partial charge in [-0.2, -0.15) is 0 Å². The van der Waals surface area contributed by atoms with Gasteiger partial charge in [-0.3, -0.25) is 4.79 Å². The number of likely N-dealkylation sites (tertiary alicyclic amines) is 1. The second-order valence-electron chi connectivity index (χ2n) is 8.47. The first kappa shape index (κ1) is 17.5. The zero-order chi connectivity index (χ0) is 18.3. The zero-order valence-electron chi connectivity index (χ0n) is 16.0. The highest BCUT2D eigenvalue weighted by molar-refractivity contribution is 5.93. The van der Waals surface area contributed by atoms with Crippen molar-refractivity contribution >= 4 is 5.91 Å². The van der Waals surface area contributed by atoms with Crippen molar-refractivity contribution in [3.05, 3.63) is 58.7 Å². The second kappa shape index (κ2) is 6.70. The van der Waals surface area contributed by atoms with Gasteiger partial charge >= 0.3 is 0 Å². The van der Waals surface area contributed by atoms with Gasteiger partial charge in [0.2, 0.25) is 5.91 Å². The number of amides is 1. The van der Waals surface area contributed by atoms with E-state index in [0.717, 1.165) is 18.0 Å². The number of aryl methyl sites for hydroxylation is 1. The molecule has 4 rings (SSSR count). The van der Waals surface area contributed by atoms with Crippen molar-refractivity contribution in [2.24, 2.45) is 11.7 Å². The number of carbonyl (C=O) groups excluding carboxylic acids is 1. The smallest absolute Gasteiger partial charge is 0.244 e. The number of fused-ring (bicyclic) bond motifs is 1. The average molecular weight is 351 g/mol. The lowest BCUT2D eigenvalue weighted by molar-refractivity contribution is -0.115. The van der Waals surface area contributed by atoms with Gasteiger partial charge in [0.1, 0.15) is 0 Å². The van der Waals surface area contributed by atoms with Crippen LogP contribution >= 0.6 is 0 Å². The van der Waals surface area contributed by atoms with E-state index < -0.39 is 0 Å². The maximum Gasteiger partial charge on any atom is 0.244 e. The van der Waals surface area contributed by atoms with E-state index in [1.807, 2.05) is 12.2 Å². The van der Waals surface area contributed by atoms with Crippen LogP contribution in [-0.4, -0.2) is 29.9 Å². The summed E-state index contributed by atoms with van der Waals surface area (Å²) >= 11 is 0. The lowest BCUT2D eigenvalue weighted by atomic mass is 9.66. The van der Waals surface area contributed by atoms with Gasteiger partial charge in [-0.15, -0.1) is 0 Å². The van der Waals surface area contributed by atoms with Crippen LogP contribution in [0.3, 0.4) is 0 Å². The predicted octanol–water partition coefficient (Wildman–Crippen LogP) is 3.52. The third-order valence-corrected chi connectivity index (χ3v) is 7.06. The molecule has 3 nitrogen and oxygen atoms in total. The van der Waals surface area contributed by atoms with Crippen LogP contribution in [0.2, 0.25) is 0 Å². The minimum Gasteiger partial charge on any atom is -0.366 e. The Kier molecular flexibility index (Phi) is 4.52. The normalized spacial score (nSPS) is 31.5. The van der Waals surface area contributed by atoms with E-state index in [1.165, 1.54) is 55.5 Å². The lowest BCUT2D eigenvalue weighted by Gasteiger charge is -2.38. The fraction of sp³-hybridized carbons (Fsp3) is 0.522. The Labute approximate surface area is 156 Å². The van der Waals surface area contributed by atoms with Crippen LogP contribution in [0.25, 0.3) is 0 Å². The summed E-state index contributed by atoms with van der Waals surface area (Å²) in [4.78, 5) is 14.5. The molecule has 26 heavy (non-hydrogen) atoms. The Morgan fingerprint density at radius 2 is 2.00 bits per heavy atom. The summed E-state index contributed by atoms with van der Waals surface area (Å²) in [5.74, 6) is -0.219. The van der Waals surface area contributed by atoms with Gasteiger partial charge in [-0.1, -0.05) is 50.3 Å². The van der Waals surface area contributed by atoms with Crippen molar-refractivity contribution in [3.8, 4) is 0 Å². The fourth-order valence-electron chi connectivity index (χ4n) is 5.09. The maximum absolute atomic E-state index is 11.8. The summed E-state index contributed by atoms with van der Waals surface area (Å²) in [6.07, 6.45) is 12.4. The molecule has 0 aromatic heterocycles. The molecule has 0 bridgehead atoms. The second-order valence-corrected chi connectivity index (χ2v) is 8.47. The molecule has 1 aliphatic heterocycles. The lowest BCUT2D eigenvalue weighted by Crippen LogP contribution is -2.38. The topological polar surface area (TPSA) is 46.3 Å². The first-order chi connectivity index (χ1) is 12.5. The minimum absolute atomic E-state index is 0.0870. The Balaban J connectivity index is 1.59. The van der Waals surface area contributed by atoms with E-state index in [4.69, 9.17) is 5.73 Å². The summed E-state index contributed by atoms with van der Waals surface area (Å²) in [5.41, 5.74) is 10.4. The van der Waals surface area contributed by atoms with Crippen LogP contribution in [0.5, 0.6) is 0 Å². The summed E-state index contributed by atoms with van der Waals surface area (Å²) in [6.45, 7) is 6.89. The molecular formula is C23H30N2O. The van der Waals surface area contributed by atoms with Gasteiger partial charge in [0, 0.05) is 17.0 Å². The molecule has 1 amide bonds. The predicted molar refractivity (Wildman–Crippen MR) is 106 cm³/mol. The number of benzene rings is 1. The van der Waals surface area contributed by atoms with E-state index in [9.17, 15) is 4.79 Å². The van der Waals surface area contributed by atoms with Crippen molar-refractivity contribution in [1.29, 1.82) is 0 Å². The Hall–Kier alpha value is -1.87. The van der Waals surface area contributed by atoms with Crippen molar-refractivity contribution in [1.82, 2.24) is 4.90 Å². The van der Waals surface area contributed by atoms with E-state index in [2.05, 4.69) is 43.0 Å². The van der Waals surface area contributed by atoms with Gasteiger partial charge in [0.15, 0.2) is 0 Å². The molecule has 2 N–H and O–H groups in total. The monoisotopic (exact) mass is 350 g/mol. The summed E-state index contributed by atoms with van der Waals surface area (Å²) in [5, 5.41) is 0. The van der Waals surface area contributed by atoms with Gasteiger partial charge in [0.25, 0.3) is 0 Å². The van der Waals surface area contributed by atoms with Gasteiger partial charge in [-0.05, 0) is 67.8 Å². The number of hydrogen-bond donors (Lipinski definition) is 1. The summed E-state index contributed by atoms with van der Waals surface area (Å²) in [7, 11) is 0. The quantitative estimate of drug-likeness (QED) is 0.907. The molecule has 1 aromatic rings. The number of allylic oxidation sites excluding steroid dienone is 3. The molecule has 0 saturated carbocycles. The molecule has 3 unspecified atom stereocenters. The van der Waals surface area contributed by atoms with E-state index in [0.29, 0.717) is 0 Å². The van der Waals surface area contributed by atoms with Crippen LogP contribution < -0.4 is 5.73 Å². The highest BCUT2D eigenvalue weighted by Gasteiger charge is 2.37. The third kappa shape index (κ3) is 2.92. The standard InChI is InChI=1S/C23H30N2O/c1-16-21(22(24)26)6-5-11-23(16,2)19-9-7-18-15-20(10-8-17(18)14-19)25-12-3-4-13-25/h5-7,9,11,14,16,20H,3-4,8,10,12-13,15H2,1-2H3,(H2,24,26). The highest BCUT2D eigenvalue weighted by Crippen LogP contribution is 2.41. The van der Waals surface area contributed by atoms with Crippen molar-refractivity contribution in [2.75, 3.05) is 13.1 Å². The van der Waals surface area contributed by atoms with Crippen LogP contribution in [0.1, 0.15) is 49.8 Å². The van der Waals surface area contributed by atoms with Gasteiger partial charge in [0.05, 0.1) is 0 Å². The van der Waals surface area contributed by atoms with Gasteiger partial charge < -0.3 is 10.6 Å². The molecule has 1 fully saturated rings. The zero-order valence-corrected chi connectivity index (χ0v) is 16.0. The molecule has 1 heterocycles. The van der Waals surface area contributed by atoms with Crippen LogP contribution in [-0.2, 0) is 23.1 Å². The van der Waals surface area contributed by atoms with E-state index >= 15 is 0 Å². The number of rotatable bonds is 3. The van der Waals surface area contributed by atoms with Crippen LogP contribution in [0.4, 0.5) is 0 Å². The molecule has 138 valence electrons. The van der Waals surface area contributed by atoms with Crippen molar-refractivity contribution in [2.45, 2.75) is 57.4 Å². The minimum atomic E-state index is -0.306. The number of nitrogens with two attached hydrogens (primary N) is 1. The Morgan fingerprint density at radius 3 is 2.73 bits per heavy atom. The third-order valence-electron chi connectivity index (χ3n) is 7.06. The number of carbonyl (C=O) groups is 1. The molecule has 0 radical (unpaired) electrons. The molecule has 3 atom stereocenters. The highest BCUT2D eigenvalue weighted by atomic mass is 16.1. The summed E-state index contributed by atoms with van der Waals surface area (Å²) in [6, 6.07) is 7.72. The Morgan fingerprint density at radius 1 is 1.23 bits per heavy atom. The molecule has 3 heteroatoms. The molecule has 3 aliphatic rings. The maximum atomic E-state index is 11.8. The molecular weight excluding hydrogens is 320 g/mol. The molecule has 0 spiro atoms. The molecule has 1 saturated heterocycles. The molecule has 2 aliphatic carbocycles. The van der Waals surface area contributed by atoms with Crippen LogP contribution in [0, 0.1) is 5.92 Å². The van der Waals surface area contributed by atoms with Crippen molar-refractivity contribution in [3.63, 3.8) is 0 Å². The molecule has 1 aromatic carbocycles. The van der Waals surface area contributed by atoms with E-state index in [-0.39, 0.29) is 17.2 Å². The largest absolute Gasteiger partial charge is 0.366 e. The Bertz CT molecular complexity index is 772. The first-order valence-electron chi connectivity index (χ1n) is 10.0. The van der Waals surface area contributed by atoms with Gasteiger partial charge in [-0.25, -0.2) is 0 Å². The average Bonchev–Trinajstić information content (AvgIpc) is 3.17. The van der Waals surface area contributed by atoms with E-state index in [1.54, 1.807) is 0 Å². The first-order valence-corrected chi connectivity index (χ1v) is 10.0. The summed E-state index contributed by atoms with van der Waals surface area (Å²) < 4.78 is 0.